The molecule has 0 spiro atoms. The van der Waals surface area contributed by atoms with Gasteiger partial charge in [-0.1, -0.05) is 11.8 Å². The average molecular weight is 292 g/mol. The first-order valence-corrected chi connectivity index (χ1v) is 7.20. The number of nitrogens with zero attached hydrogens (tertiary/aromatic N) is 1. The summed E-state index contributed by atoms with van der Waals surface area (Å²) in [5, 5.41) is 9.69. The molecule has 0 unspecified atom stereocenters. The van der Waals surface area contributed by atoms with E-state index in [-0.39, 0.29) is 5.75 Å². The molecule has 0 fully saturated rings. The molecule has 3 nitrogen and oxygen atoms in total. The predicted molar refractivity (Wildman–Crippen MR) is 88.1 cm³/mol. The Morgan fingerprint density at radius 1 is 1.19 bits per heavy atom. The highest BCUT2D eigenvalue weighted by Crippen LogP contribution is 2.27. The van der Waals surface area contributed by atoms with Crippen molar-refractivity contribution in [3.8, 4) is 17.6 Å². The average Bonchev–Trinajstić information content (AvgIpc) is 2.93. The lowest BCUT2D eigenvalue weighted by molar-refractivity contribution is 0.476. The van der Waals surface area contributed by atoms with E-state index in [1.165, 1.54) is 11.3 Å². The van der Waals surface area contributed by atoms with Crippen molar-refractivity contribution < 1.29 is 5.11 Å². The second kappa shape index (κ2) is 5.70. The van der Waals surface area contributed by atoms with Crippen LogP contribution >= 0.6 is 11.3 Å². The summed E-state index contributed by atoms with van der Waals surface area (Å²) in [6.45, 7) is 0. The first-order chi connectivity index (χ1) is 10.2. The molecule has 0 atom stereocenters. The van der Waals surface area contributed by atoms with Crippen LogP contribution in [0.3, 0.4) is 0 Å². The number of rotatable bonds is 1. The molecule has 0 saturated carbocycles. The fraction of sp³-hybridized carbons (Fsp3) is 0. The molecule has 0 saturated heterocycles. The van der Waals surface area contributed by atoms with Crippen molar-refractivity contribution >= 4 is 33.3 Å². The van der Waals surface area contributed by atoms with Crippen molar-refractivity contribution in [2.24, 2.45) is 0 Å². The van der Waals surface area contributed by atoms with Gasteiger partial charge in [-0.05, 0) is 48.6 Å². The zero-order valence-electron chi connectivity index (χ0n) is 11.1. The lowest BCUT2D eigenvalue weighted by Crippen LogP contribution is -1.82. The topological polar surface area (TPSA) is 59.1 Å². The van der Waals surface area contributed by atoms with E-state index in [4.69, 9.17) is 5.73 Å². The quantitative estimate of drug-likeness (QED) is 0.531. The standard InChI is InChI=1S/C17H12N2OS/c18-14-7-5-12(6-8-14)3-1-2-4-13-9-15(20)10-16-17(13)19-11-21-16/h2,4-11,20H,18H2/b4-2+. The van der Waals surface area contributed by atoms with Crippen LogP contribution in [-0.4, -0.2) is 10.1 Å². The molecule has 1 heterocycles. The highest BCUT2D eigenvalue weighted by atomic mass is 32.1. The van der Waals surface area contributed by atoms with Crippen LogP contribution in [-0.2, 0) is 0 Å². The van der Waals surface area contributed by atoms with Crippen LogP contribution in [0.15, 0.2) is 48.0 Å². The first kappa shape index (κ1) is 13.2. The Hall–Kier alpha value is -2.77. The summed E-state index contributed by atoms with van der Waals surface area (Å²) in [6, 6.07) is 10.8. The fourth-order valence-electron chi connectivity index (χ4n) is 1.93. The maximum Gasteiger partial charge on any atom is 0.117 e. The van der Waals surface area contributed by atoms with Gasteiger partial charge in [0.2, 0.25) is 0 Å². The third-order valence-corrected chi connectivity index (χ3v) is 3.70. The summed E-state index contributed by atoms with van der Waals surface area (Å²) < 4.78 is 0.959. The van der Waals surface area contributed by atoms with Gasteiger partial charge < -0.3 is 10.8 Å². The Bertz CT molecular complexity index is 867. The molecule has 1 aromatic heterocycles. The third kappa shape index (κ3) is 3.04. The number of fused-ring (bicyclic) bond motifs is 1. The van der Waals surface area contributed by atoms with Gasteiger partial charge in [0.25, 0.3) is 0 Å². The highest BCUT2D eigenvalue weighted by Gasteiger charge is 2.03. The van der Waals surface area contributed by atoms with Crippen molar-refractivity contribution in [2.45, 2.75) is 0 Å². The number of hydrogen-bond donors (Lipinski definition) is 2. The van der Waals surface area contributed by atoms with E-state index in [0.29, 0.717) is 0 Å². The maximum atomic E-state index is 9.69. The molecule has 4 heteroatoms. The van der Waals surface area contributed by atoms with E-state index >= 15 is 0 Å². The molecule has 0 amide bonds. The lowest BCUT2D eigenvalue weighted by Gasteiger charge is -1.96. The molecular weight excluding hydrogens is 280 g/mol. The molecule has 0 aliphatic heterocycles. The normalized spacial score (nSPS) is 10.7. The summed E-state index contributed by atoms with van der Waals surface area (Å²) in [5.41, 5.74) is 10.8. The number of aromatic hydroxyl groups is 1. The Labute approximate surface area is 126 Å². The van der Waals surface area contributed by atoms with E-state index in [1.807, 2.05) is 30.3 Å². The number of nitrogen functional groups attached to an aromatic ring is 1. The second-order valence-corrected chi connectivity index (χ2v) is 5.35. The summed E-state index contributed by atoms with van der Waals surface area (Å²) >= 11 is 1.50. The molecule has 3 N–H and O–H groups in total. The number of thiazole rings is 1. The summed E-state index contributed by atoms with van der Waals surface area (Å²) in [6.07, 6.45) is 3.61. The Morgan fingerprint density at radius 2 is 2.00 bits per heavy atom. The first-order valence-electron chi connectivity index (χ1n) is 6.32. The zero-order chi connectivity index (χ0) is 14.7. The van der Waals surface area contributed by atoms with Gasteiger partial charge in [-0.15, -0.1) is 11.3 Å². The van der Waals surface area contributed by atoms with Gasteiger partial charge in [0.1, 0.15) is 5.75 Å². The SMILES string of the molecule is Nc1ccc(C#C/C=C/c2cc(O)cc3scnc23)cc1. The number of benzene rings is 2. The van der Waals surface area contributed by atoms with Crippen LogP contribution in [0.1, 0.15) is 11.1 Å². The number of allylic oxidation sites excluding steroid dienone is 1. The van der Waals surface area contributed by atoms with Crippen molar-refractivity contribution in [3.05, 3.63) is 59.1 Å². The van der Waals surface area contributed by atoms with Gasteiger partial charge in [0, 0.05) is 16.8 Å². The van der Waals surface area contributed by atoms with Crippen LogP contribution < -0.4 is 5.73 Å². The molecule has 0 radical (unpaired) electrons. The van der Waals surface area contributed by atoms with Crippen LogP contribution in [0, 0.1) is 11.8 Å². The van der Waals surface area contributed by atoms with Crippen molar-refractivity contribution in [2.75, 3.05) is 5.73 Å². The van der Waals surface area contributed by atoms with Crippen molar-refractivity contribution in [1.29, 1.82) is 0 Å². The molecule has 0 aliphatic rings. The van der Waals surface area contributed by atoms with Gasteiger partial charge in [-0.3, -0.25) is 0 Å². The molecule has 0 bridgehead atoms. The van der Waals surface area contributed by atoms with Gasteiger partial charge >= 0.3 is 0 Å². The summed E-state index contributed by atoms with van der Waals surface area (Å²) in [5.74, 6) is 6.23. The van der Waals surface area contributed by atoms with E-state index < -0.39 is 0 Å². The number of nitrogens with two attached hydrogens (primary N) is 1. The minimum Gasteiger partial charge on any atom is -0.508 e. The summed E-state index contributed by atoms with van der Waals surface area (Å²) in [4.78, 5) is 4.30. The smallest absolute Gasteiger partial charge is 0.117 e. The van der Waals surface area contributed by atoms with E-state index in [2.05, 4.69) is 16.8 Å². The Balaban J connectivity index is 1.85. The number of aromatic nitrogens is 1. The number of phenolic OH excluding ortho intramolecular Hbond substituents is 1. The van der Waals surface area contributed by atoms with E-state index in [1.54, 1.807) is 23.7 Å². The number of hydrogen-bond acceptors (Lipinski definition) is 4. The van der Waals surface area contributed by atoms with E-state index in [9.17, 15) is 5.11 Å². The maximum absolute atomic E-state index is 9.69. The van der Waals surface area contributed by atoms with Crippen LogP contribution in [0.25, 0.3) is 16.3 Å². The molecule has 102 valence electrons. The van der Waals surface area contributed by atoms with Crippen LogP contribution in [0.2, 0.25) is 0 Å². The third-order valence-electron chi connectivity index (χ3n) is 2.92. The molecule has 3 rings (SSSR count). The molecular formula is C17H12N2OS. The second-order valence-electron chi connectivity index (χ2n) is 4.46. The zero-order valence-corrected chi connectivity index (χ0v) is 11.9. The van der Waals surface area contributed by atoms with Crippen molar-refractivity contribution in [3.63, 3.8) is 0 Å². The monoisotopic (exact) mass is 292 g/mol. The summed E-state index contributed by atoms with van der Waals surface area (Å²) in [7, 11) is 0. The predicted octanol–water partition coefficient (Wildman–Crippen LogP) is 3.65. The van der Waals surface area contributed by atoms with Gasteiger partial charge in [0.15, 0.2) is 0 Å². The molecule has 0 aliphatic carbocycles. The van der Waals surface area contributed by atoms with Crippen molar-refractivity contribution in [1.82, 2.24) is 4.98 Å². The fourth-order valence-corrected chi connectivity index (χ4v) is 2.67. The van der Waals surface area contributed by atoms with Crippen LogP contribution in [0.5, 0.6) is 5.75 Å². The Kier molecular flexibility index (Phi) is 3.59. The number of phenols is 1. The number of anilines is 1. The Morgan fingerprint density at radius 3 is 2.81 bits per heavy atom. The lowest BCUT2D eigenvalue weighted by atomic mass is 10.1. The van der Waals surface area contributed by atoms with Gasteiger partial charge in [0.05, 0.1) is 15.7 Å². The minimum atomic E-state index is 0.234. The highest BCUT2D eigenvalue weighted by molar-refractivity contribution is 7.16. The molecule has 3 aromatic rings. The largest absolute Gasteiger partial charge is 0.508 e. The van der Waals surface area contributed by atoms with Gasteiger partial charge in [-0.25, -0.2) is 4.98 Å². The van der Waals surface area contributed by atoms with E-state index in [0.717, 1.165) is 27.0 Å². The van der Waals surface area contributed by atoms with Crippen LogP contribution in [0.4, 0.5) is 5.69 Å². The molecule has 21 heavy (non-hydrogen) atoms. The molecule has 2 aromatic carbocycles. The van der Waals surface area contributed by atoms with Gasteiger partial charge in [-0.2, -0.15) is 0 Å². The minimum absolute atomic E-state index is 0.234.